The first-order valence-electron chi connectivity index (χ1n) is 9.48. The largest absolute Gasteiger partial charge is 0.456 e. The minimum atomic E-state index is -0.808. The summed E-state index contributed by atoms with van der Waals surface area (Å²) in [5.41, 5.74) is 3.37. The summed E-state index contributed by atoms with van der Waals surface area (Å²) in [6.07, 6.45) is 0. The number of cyclic esters (lactones) is 1. The molecule has 0 bridgehead atoms. The molecule has 5 rings (SSSR count). The molecule has 2 aromatic carbocycles. The van der Waals surface area contributed by atoms with Crippen LogP contribution in [-0.4, -0.2) is 36.6 Å². The highest BCUT2D eigenvalue weighted by atomic mass is 19.1. The van der Waals surface area contributed by atoms with Gasteiger partial charge in [-0.15, -0.1) is 0 Å². The minimum Gasteiger partial charge on any atom is -0.456 e. The summed E-state index contributed by atoms with van der Waals surface area (Å²) >= 11 is 0. The van der Waals surface area contributed by atoms with Gasteiger partial charge in [-0.2, -0.15) is 0 Å². The summed E-state index contributed by atoms with van der Waals surface area (Å²) in [6, 6.07) is 9.92. The summed E-state index contributed by atoms with van der Waals surface area (Å²) in [5, 5.41) is 9.63. The number of aliphatic hydroxyl groups is 1. The molecule has 0 saturated carbocycles. The topological polar surface area (TPSA) is 68.2 Å². The van der Waals surface area contributed by atoms with Crippen LogP contribution in [0.3, 0.4) is 0 Å². The van der Waals surface area contributed by atoms with Crippen LogP contribution >= 0.6 is 0 Å². The second kappa shape index (κ2) is 6.22. The lowest BCUT2D eigenvalue weighted by atomic mass is 9.80. The molecule has 1 N–H and O–H groups in total. The normalized spacial score (nSPS) is 21.2. The van der Waals surface area contributed by atoms with Gasteiger partial charge in [0.2, 0.25) is 5.79 Å². The standard InChI is InChI=1S/C22H20FNO5/c1-22(2)28-17-9-14-15(10-18(17)29-22)24(6-7-25)16-11-27-21(26)20(16)19(14)12-4-3-5-13(23)8-12/h3-5,8-10,19,25H,6-7,11H2,1-2H3. The molecule has 29 heavy (non-hydrogen) atoms. The van der Waals surface area contributed by atoms with Crippen molar-refractivity contribution in [1.82, 2.24) is 0 Å². The van der Waals surface area contributed by atoms with Crippen LogP contribution in [-0.2, 0) is 9.53 Å². The van der Waals surface area contributed by atoms with Gasteiger partial charge < -0.3 is 24.2 Å². The molecule has 0 fully saturated rings. The molecule has 3 aliphatic heterocycles. The number of hydrogen-bond donors (Lipinski definition) is 1. The van der Waals surface area contributed by atoms with Gasteiger partial charge in [-0.25, -0.2) is 9.18 Å². The molecule has 7 heteroatoms. The summed E-state index contributed by atoms with van der Waals surface area (Å²) in [5.74, 6) is -0.966. The molecule has 1 atom stereocenters. The molecule has 2 aromatic rings. The van der Waals surface area contributed by atoms with E-state index in [4.69, 9.17) is 14.2 Å². The van der Waals surface area contributed by atoms with Crippen LogP contribution < -0.4 is 14.4 Å². The lowest BCUT2D eigenvalue weighted by Gasteiger charge is -2.35. The van der Waals surface area contributed by atoms with E-state index in [1.807, 2.05) is 30.9 Å². The van der Waals surface area contributed by atoms with Gasteiger partial charge in [-0.3, -0.25) is 0 Å². The summed E-state index contributed by atoms with van der Waals surface area (Å²) in [6.45, 7) is 3.93. The second-order valence-corrected chi connectivity index (χ2v) is 7.76. The van der Waals surface area contributed by atoms with E-state index in [1.54, 1.807) is 12.1 Å². The first-order chi connectivity index (χ1) is 13.9. The van der Waals surface area contributed by atoms with E-state index in [0.29, 0.717) is 34.9 Å². The minimum absolute atomic E-state index is 0.102. The first kappa shape index (κ1) is 18.0. The summed E-state index contributed by atoms with van der Waals surface area (Å²) < 4.78 is 31.2. The van der Waals surface area contributed by atoms with Crippen LogP contribution in [0.1, 0.15) is 30.9 Å². The number of carbonyl (C=O) groups excluding carboxylic acids is 1. The maximum atomic E-state index is 14.0. The molecule has 6 nitrogen and oxygen atoms in total. The maximum Gasteiger partial charge on any atom is 0.337 e. The molecule has 1 unspecified atom stereocenters. The van der Waals surface area contributed by atoms with Crippen molar-refractivity contribution < 1.29 is 28.5 Å². The van der Waals surface area contributed by atoms with E-state index >= 15 is 0 Å². The Morgan fingerprint density at radius 3 is 2.69 bits per heavy atom. The number of aliphatic hydroxyl groups excluding tert-OH is 1. The highest BCUT2D eigenvalue weighted by molar-refractivity contribution is 5.97. The van der Waals surface area contributed by atoms with Gasteiger partial charge in [-0.05, 0) is 29.3 Å². The van der Waals surface area contributed by atoms with E-state index in [0.717, 1.165) is 11.3 Å². The number of halogens is 1. The highest BCUT2D eigenvalue weighted by Gasteiger charge is 2.44. The lowest BCUT2D eigenvalue weighted by molar-refractivity contribution is -0.136. The summed E-state index contributed by atoms with van der Waals surface area (Å²) in [4.78, 5) is 14.5. The SMILES string of the molecule is CC1(C)Oc2cc3c(cc2O1)N(CCO)C1=C(C(=O)OC1)C3c1cccc(F)c1. The van der Waals surface area contributed by atoms with Crippen molar-refractivity contribution in [1.29, 1.82) is 0 Å². The zero-order valence-corrected chi connectivity index (χ0v) is 16.1. The Hall–Kier alpha value is -3.06. The molecule has 0 aromatic heterocycles. The van der Waals surface area contributed by atoms with Gasteiger partial charge in [0.15, 0.2) is 11.5 Å². The molecule has 0 saturated heterocycles. The van der Waals surface area contributed by atoms with E-state index < -0.39 is 17.7 Å². The average molecular weight is 397 g/mol. The highest BCUT2D eigenvalue weighted by Crippen LogP contribution is 2.52. The second-order valence-electron chi connectivity index (χ2n) is 7.76. The molecular formula is C22H20FNO5. The Bertz CT molecular complexity index is 1060. The predicted octanol–water partition coefficient (Wildman–Crippen LogP) is 3.09. The van der Waals surface area contributed by atoms with Crippen LogP contribution in [0.4, 0.5) is 10.1 Å². The van der Waals surface area contributed by atoms with Crippen LogP contribution in [0.2, 0.25) is 0 Å². The van der Waals surface area contributed by atoms with Gasteiger partial charge in [-0.1, -0.05) is 12.1 Å². The first-order valence-corrected chi connectivity index (χ1v) is 9.48. The van der Waals surface area contributed by atoms with Crippen molar-refractivity contribution in [2.75, 3.05) is 24.7 Å². The van der Waals surface area contributed by atoms with Crippen molar-refractivity contribution in [2.24, 2.45) is 0 Å². The van der Waals surface area contributed by atoms with E-state index in [-0.39, 0.29) is 19.0 Å². The van der Waals surface area contributed by atoms with Gasteiger partial charge in [0.1, 0.15) is 12.4 Å². The number of nitrogens with zero attached hydrogens (tertiary/aromatic N) is 1. The van der Waals surface area contributed by atoms with Crippen molar-refractivity contribution in [3.8, 4) is 11.5 Å². The number of benzene rings is 2. The Balaban J connectivity index is 1.76. The average Bonchev–Trinajstić information content (AvgIpc) is 3.18. The van der Waals surface area contributed by atoms with Gasteiger partial charge >= 0.3 is 5.97 Å². The van der Waals surface area contributed by atoms with Crippen LogP contribution in [0.25, 0.3) is 0 Å². The number of carbonyl (C=O) groups is 1. The number of fused-ring (bicyclic) bond motifs is 2. The Morgan fingerprint density at radius 1 is 1.21 bits per heavy atom. The number of ether oxygens (including phenoxy) is 3. The molecule has 3 heterocycles. The number of β-amino-alcohol motifs (C(OH)–C–C–N with tert-alkyl or cyclic N) is 1. The number of hydrogen-bond acceptors (Lipinski definition) is 6. The number of anilines is 1. The Labute approximate surface area is 167 Å². The monoisotopic (exact) mass is 397 g/mol. The molecule has 0 aliphatic carbocycles. The zero-order valence-electron chi connectivity index (χ0n) is 16.1. The fourth-order valence-corrected chi connectivity index (χ4v) is 4.34. The third-order valence-electron chi connectivity index (χ3n) is 5.40. The van der Waals surface area contributed by atoms with Crippen LogP contribution in [0.5, 0.6) is 11.5 Å². The Kier molecular flexibility index (Phi) is 3.86. The molecule has 150 valence electrons. The predicted molar refractivity (Wildman–Crippen MR) is 102 cm³/mol. The number of rotatable bonds is 3. The van der Waals surface area contributed by atoms with Crippen molar-refractivity contribution in [2.45, 2.75) is 25.6 Å². The van der Waals surface area contributed by atoms with Gasteiger partial charge in [0.25, 0.3) is 0 Å². The smallest absolute Gasteiger partial charge is 0.337 e. The van der Waals surface area contributed by atoms with Gasteiger partial charge in [0.05, 0.1) is 17.9 Å². The van der Waals surface area contributed by atoms with E-state index in [9.17, 15) is 14.3 Å². The summed E-state index contributed by atoms with van der Waals surface area (Å²) in [7, 11) is 0. The third-order valence-corrected chi connectivity index (χ3v) is 5.40. The van der Waals surface area contributed by atoms with Crippen molar-refractivity contribution in [3.63, 3.8) is 0 Å². The van der Waals surface area contributed by atoms with E-state index in [2.05, 4.69) is 0 Å². The Morgan fingerprint density at radius 2 is 1.97 bits per heavy atom. The van der Waals surface area contributed by atoms with Gasteiger partial charge in [0, 0.05) is 38.1 Å². The van der Waals surface area contributed by atoms with Crippen LogP contribution in [0, 0.1) is 5.82 Å². The maximum absolute atomic E-state index is 14.0. The third kappa shape index (κ3) is 2.76. The zero-order chi connectivity index (χ0) is 20.3. The molecular weight excluding hydrogens is 377 g/mol. The molecule has 0 radical (unpaired) electrons. The van der Waals surface area contributed by atoms with Crippen LogP contribution in [0.15, 0.2) is 47.7 Å². The lowest BCUT2D eigenvalue weighted by Crippen LogP contribution is -2.33. The molecule has 3 aliphatic rings. The molecule has 0 amide bonds. The fraction of sp³-hybridized carbons (Fsp3) is 0.318. The van der Waals surface area contributed by atoms with Crippen molar-refractivity contribution in [3.05, 3.63) is 64.6 Å². The number of esters is 1. The quantitative estimate of drug-likeness (QED) is 0.803. The molecule has 0 spiro atoms. The van der Waals surface area contributed by atoms with E-state index in [1.165, 1.54) is 12.1 Å². The van der Waals surface area contributed by atoms with Crippen molar-refractivity contribution >= 4 is 11.7 Å². The fourth-order valence-electron chi connectivity index (χ4n) is 4.34.